The molecule has 0 saturated heterocycles. The lowest BCUT2D eigenvalue weighted by atomic mass is 10.3. The van der Waals surface area contributed by atoms with Crippen molar-refractivity contribution >= 4 is 11.4 Å². The fourth-order valence-corrected chi connectivity index (χ4v) is 1.11. The molecule has 0 spiro atoms. The quantitative estimate of drug-likeness (QED) is 0.651. The first-order chi connectivity index (χ1) is 10.0. The number of benzene rings is 1. The summed E-state index contributed by atoms with van der Waals surface area (Å²) in [6.45, 7) is 10.7. The van der Waals surface area contributed by atoms with Crippen LogP contribution in [0.5, 0.6) is 0 Å². The van der Waals surface area contributed by atoms with E-state index in [1.165, 1.54) is 0 Å². The average Bonchev–Trinajstić information content (AvgIpc) is 2.52. The molecule has 2 rings (SSSR count). The molecular formula is C17H24N4. The van der Waals surface area contributed by atoms with Crippen LogP contribution in [0, 0.1) is 13.8 Å². The van der Waals surface area contributed by atoms with E-state index < -0.39 is 0 Å². The number of nitrogens with one attached hydrogen (secondary N) is 1. The standard InChI is InChI=1S/C7H10N2.C6H8N2.C4H6/c1-9-7-4-2-6(8)3-5-7;1-5-3-7-4-8-6(5)2;1-3-4-2/h2-5,9H,8H2,1H3;3-4H,1-2H3;3-4H,1-2H2. The molecular weight excluding hydrogens is 260 g/mol. The van der Waals surface area contributed by atoms with Crippen molar-refractivity contribution in [2.75, 3.05) is 18.1 Å². The first-order valence-electron chi connectivity index (χ1n) is 6.55. The molecule has 0 bridgehead atoms. The van der Waals surface area contributed by atoms with E-state index in [0.717, 1.165) is 22.6 Å². The van der Waals surface area contributed by atoms with Gasteiger partial charge in [0.15, 0.2) is 0 Å². The second-order valence-corrected chi connectivity index (χ2v) is 4.13. The second-order valence-electron chi connectivity index (χ2n) is 4.13. The predicted octanol–water partition coefficient (Wildman–Crippen LogP) is 3.76. The lowest BCUT2D eigenvalue weighted by Crippen LogP contribution is -1.88. The number of aromatic nitrogens is 2. The summed E-state index contributed by atoms with van der Waals surface area (Å²) in [7, 11) is 1.88. The Hall–Kier alpha value is -2.62. The highest BCUT2D eigenvalue weighted by atomic mass is 14.8. The van der Waals surface area contributed by atoms with E-state index in [0.29, 0.717) is 0 Å². The molecule has 1 heterocycles. The molecule has 0 saturated carbocycles. The first-order valence-corrected chi connectivity index (χ1v) is 6.55. The Morgan fingerprint density at radius 1 is 1.10 bits per heavy atom. The maximum atomic E-state index is 5.45. The van der Waals surface area contributed by atoms with Crippen molar-refractivity contribution in [1.82, 2.24) is 9.97 Å². The van der Waals surface area contributed by atoms with Crippen LogP contribution < -0.4 is 11.1 Å². The molecule has 0 aliphatic carbocycles. The predicted molar refractivity (Wildman–Crippen MR) is 92.3 cm³/mol. The van der Waals surface area contributed by atoms with Gasteiger partial charge < -0.3 is 11.1 Å². The largest absolute Gasteiger partial charge is 0.399 e. The van der Waals surface area contributed by atoms with Gasteiger partial charge in [-0.25, -0.2) is 9.97 Å². The van der Waals surface area contributed by atoms with Crippen LogP contribution >= 0.6 is 0 Å². The average molecular weight is 284 g/mol. The topological polar surface area (TPSA) is 63.8 Å². The highest BCUT2D eigenvalue weighted by Crippen LogP contribution is 2.08. The van der Waals surface area contributed by atoms with Crippen molar-refractivity contribution in [3.63, 3.8) is 0 Å². The number of hydrogen-bond donors (Lipinski definition) is 2. The third-order valence-electron chi connectivity index (χ3n) is 2.52. The molecule has 1 aromatic heterocycles. The molecule has 4 heteroatoms. The number of allylic oxidation sites excluding steroid dienone is 2. The molecule has 0 radical (unpaired) electrons. The van der Waals surface area contributed by atoms with Gasteiger partial charge in [0.1, 0.15) is 6.33 Å². The Balaban J connectivity index is 0.000000308. The van der Waals surface area contributed by atoms with Crippen LogP contribution in [0.3, 0.4) is 0 Å². The van der Waals surface area contributed by atoms with Crippen LogP contribution in [-0.2, 0) is 0 Å². The van der Waals surface area contributed by atoms with Gasteiger partial charge in [0.05, 0.1) is 0 Å². The molecule has 0 amide bonds. The van der Waals surface area contributed by atoms with Crippen LogP contribution in [0.1, 0.15) is 11.3 Å². The summed E-state index contributed by atoms with van der Waals surface area (Å²) < 4.78 is 0. The van der Waals surface area contributed by atoms with Gasteiger partial charge in [0, 0.05) is 30.3 Å². The smallest absolute Gasteiger partial charge is 0.115 e. The van der Waals surface area contributed by atoms with E-state index >= 15 is 0 Å². The Morgan fingerprint density at radius 2 is 1.67 bits per heavy atom. The van der Waals surface area contributed by atoms with Crippen molar-refractivity contribution in [2.24, 2.45) is 0 Å². The van der Waals surface area contributed by atoms with E-state index in [1.807, 2.05) is 51.4 Å². The monoisotopic (exact) mass is 284 g/mol. The number of hydrogen-bond acceptors (Lipinski definition) is 4. The zero-order chi connectivity index (χ0) is 16.1. The Kier molecular flexibility index (Phi) is 9.83. The number of nitrogens with zero attached hydrogens (tertiary/aromatic N) is 2. The van der Waals surface area contributed by atoms with Gasteiger partial charge >= 0.3 is 0 Å². The van der Waals surface area contributed by atoms with Crippen LogP contribution in [0.2, 0.25) is 0 Å². The molecule has 0 aliphatic rings. The van der Waals surface area contributed by atoms with Gasteiger partial charge in [0.25, 0.3) is 0 Å². The highest BCUT2D eigenvalue weighted by Gasteiger charge is 1.86. The Labute approximate surface area is 127 Å². The molecule has 0 fully saturated rings. The van der Waals surface area contributed by atoms with Crippen molar-refractivity contribution in [2.45, 2.75) is 13.8 Å². The van der Waals surface area contributed by atoms with E-state index in [1.54, 1.807) is 18.5 Å². The van der Waals surface area contributed by atoms with Crippen molar-refractivity contribution in [3.8, 4) is 0 Å². The summed E-state index contributed by atoms with van der Waals surface area (Å²) in [6, 6.07) is 7.61. The fourth-order valence-electron chi connectivity index (χ4n) is 1.11. The number of nitrogens with two attached hydrogens (primary N) is 1. The highest BCUT2D eigenvalue weighted by molar-refractivity contribution is 5.50. The summed E-state index contributed by atoms with van der Waals surface area (Å²) in [5, 5.41) is 3.00. The van der Waals surface area contributed by atoms with Crippen LogP contribution in [0.4, 0.5) is 11.4 Å². The van der Waals surface area contributed by atoms with Gasteiger partial charge in [-0.3, -0.25) is 0 Å². The zero-order valence-electron chi connectivity index (χ0n) is 13.0. The second kappa shape index (κ2) is 11.2. The summed E-state index contributed by atoms with van der Waals surface area (Å²) in [6.07, 6.45) is 6.64. The Bertz CT molecular complexity index is 506. The van der Waals surface area contributed by atoms with Crippen molar-refractivity contribution in [3.05, 3.63) is 73.4 Å². The van der Waals surface area contributed by atoms with Crippen molar-refractivity contribution in [1.29, 1.82) is 0 Å². The summed E-state index contributed by atoms with van der Waals surface area (Å²) in [4.78, 5) is 7.80. The van der Waals surface area contributed by atoms with E-state index in [2.05, 4.69) is 28.4 Å². The maximum absolute atomic E-state index is 5.45. The van der Waals surface area contributed by atoms with E-state index in [9.17, 15) is 0 Å². The molecule has 0 aliphatic heterocycles. The van der Waals surface area contributed by atoms with Crippen molar-refractivity contribution < 1.29 is 0 Å². The van der Waals surface area contributed by atoms with Crippen LogP contribution in [-0.4, -0.2) is 17.0 Å². The van der Waals surface area contributed by atoms with Crippen LogP contribution in [0.15, 0.2) is 62.1 Å². The first kappa shape index (κ1) is 18.4. The molecule has 112 valence electrons. The minimum atomic E-state index is 0.800. The van der Waals surface area contributed by atoms with Gasteiger partial charge in [0.2, 0.25) is 0 Å². The van der Waals surface area contributed by atoms with Crippen LogP contribution in [0.25, 0.3) is 0 Å². The Morgan fingerprint density at radius 3 is 2.00 bits per heavy atom. The summed E-state index contributed by atoms with van der Waals surface area (Å²) in [5.41, 5.74) is 9.54. The fraction of sp³-hybridized carbons (Fsp3) is 0.176. The van der Waals surface area contributed by atoms with E-state index in [4.69, 9.17) is 5.73 Å². The van der Waals surface area contributed by atoms with Gasteiger partial charge in [-0.05, 0) is 43.7 Å². The lowest BCUT2D eigenvalue weighted by molar-refractivity contribution is 1.06. The number of aryl methyl sites for hydroxylation is 2. The summed E-state index contributed by atoms with van der Waals surface area (Å²) >= 11 is 0. The van der Waals surface area contributed by atoms with Gasteiger partial charge in [-0.1, -0.05) is 25.3 Å². The molecule has 3 N–H and O–H groups in total. The summed E-state index contributed by atoms with van der Waals surface area (Å²) in [5.74, 6) is 0. The molecule has 2 aromatic rings. The molecule has 0 unspecified atom stereocenters. The minimum absolute atomic E-state index is 0.800. The van der Waals surface area contributed by atoms with E-state index in [-0.39, 0.29) is 0 Å². The third-order valence-corrected chi connectivity index (χ3v) is 2.52. The SMILES string of the molecule is C=CC=C.CNc1ccc(N)cc1.Cc1cncnc1C. The minimum Gasteiger partial charge on any atom is -0.399 e. The molecule has 1 aromatic carbocycles. The maximum Gasteiger partial charge on any atom is 0.115 e. The van der Waals surface area contributed by atoms with Gasteiger partial charge in [-0.2, -0.15) is 0 Å². The number of rotatable bonds is 2. The normalized spacial score (nSPS) is 8.33. The molecule has 4 nitrogen and oxygen atoms in total. The number of anilines is 2. The lowest BCUT2D eigenvalue weighted by Gasteiger charge is -1.97. The number of nitrogen functional groups attached to an aromatic ring is 1. The zero-order valence-corrected chi connectivity index (χ0v) is 13.0. The molecule has 21 heavy (non-hydrogen) atoms. The third kappa shape index (κ3) is 8.99. The van der Waals surface area contributed by atoms with Gasteiger partial charge in [-0.15, -0.1) is 0 Å². The molecule has 0 atom stereocenters.